The van der Waals surface area contributed by atoms with Gasteiger partial charge < -0.3 is 24.1 Å². The molecule has 1 saturated carbocycles. The van der Waals surface area contributed by atoms with Crippen LogP contribution in [-0.4, -0.2) is 58.2 Å². The lowest BCUT2D eigenvalue weighted by atomic mass is 9.88. The fourth-order valence-electron chi connectivity index (χ4n) is 5.35. The van der Waals surface area contributed by atoms with E-state index in [4.69, 9.17) is 14.5 Å². The molecule has 172 valence electrons. The molecular weight excluding hydrogens is 408 g/mol. The number of aromatic nitrogens is 2. The molecule has 2 aromatic heterocycles. The van der Waals surface area contributed by atoms with Gasteiger partial charge in [-0.25, -0.2) is 9.78 Å². The van der Waals surface area contributed by atoms with Gasteiger partial charge in [-0.1, -0.05) is 6.07 Å². The maximum atomic E-state index is 13.4. The predicted molar refractivity (Wildman–Crippen MR) is 118 cm³/mol. The molecule has 0 spiro atoms. The van der Waals surface area contributed by atoms with Crippen LogP contribution in [0.25, 0.3) is 5.52 Å². The highest BCUT2D eigenvalue weighted by atomic mass is 16.6. The molecule has 2 amide bonds. The van der Waals surface area contributed by atoms with Crippen molar-refractivity contribution in [3.05, 3.63) is 35.9 Å². The summed E-state index contributed by atoms with van der Waals surface area (Å²) in [5, 5.41) is 3.38. The van der Waals surface area contributed by atoms with Crippen LogP contribution >= 0.6 is 0 Å². The van der Waals surface area contributed by atoms with Crippen LogP contribution in [0, 0.1) is 24.7 Å². The molecule has 2 saturated heterocycles. The summed E-state index contributed by atoms with van der Waals surface area (Å²) < 4.78 is 13.2. The van der Waals surface area contributed by atoms with Crippen LogP contribution in [0.2, 0.25) is 0 Å². The lowest BCUT2D eigenvalue weighted by molar-refractivity contribution is -0.127. The molecule has 1 aliphatic carbocycles. The Hall–Kier alpha value is -2.61. The number of carbonyl (C=O) groups excluding carboxylic acids is 2. The van der Waals surface area contributed by atoms with Crippen molar-refractivity contribution >= 4 is 17.5 Å². The molecule has 8 nitrogen and oxygen atoms in total. The van der Waals surface area contributed by atoms with E-state index in [0.717, 1.165) is 16.9 Å². The molecule has 4 heterocycles. The molecule has 8 heteroatoms. The van der Waals surface area contributed by atoms with Gasteiger partial charge in [0.1, 0.15) is 17.0 Å². The summed E-state index contributed by atoms with van der Waals surface area (Å²) in [7, 11) is 0. The van der Waals surface area contributed by atoms with Gasteiger partial charge in [0, 0.05) is 51.3 Å². The van der Waals surface area contributed by atoms with Crippen molar-refractivity contribution < 1.29 is 19.1 Å². The zero-order valence-electron chi connectivity index (χ0n) is 19.3. The summed E-state index contributed by atoms with van der Waals surface area (Å²) in [4.78, 5) is 32.2. The fourth-order valence-corrected chi connectivity index (χ4v) is 5.35. The molecule has 0 aromatic carbocycles. The summed E-state index contributed by atoms with van der Waals surface area (Å²) >= 11 is 0. The number of nitrogens with one attached hydrogen (secondary N) is 1. The van der Waals surface area contributed by atoms with Gasteiger partial charge in [-0.2, -0.15) is 0 Å². The Morgan fingerprint density at radius 2 is 1.91 bits per heavy atom. The minimum Gasteiger partial charge on any atom is -0.444 e. The van der Waals surface area contributed by atoms with Gasteiger partial charge in [-0.15, -0.1) is 0 Å². The van der Waals surface area contributed by atoms with E-state index in [1.807, 2.05) is 39.2 Å². The smallest absolute Gasteiger partial charge is 0.410 e. The van der Waals surface area contributed by atoms with Crippen LogP contribution in [0.15, 0.2) is 24.5 Å². The SMILES string of the molecule is Cc1cccn2c(C3(NC(=O)C4C5CN(C(=O)OC(C)(C)C)CC54)CCOCC3)ncc12. The molecule has 32 heavy (non-hydrogen) atoms. The summed E-state index contributed by atoms with van der Waals surface area (Å²) in [6.45, 7) is 10.0. The van der Waals surface area contributed by atoms with Gasteiger partial charge in [0.05, 0.1) is 11.7 Å². The first-order valence-electron chi connectivity index (χ1n) is 11.5. The summed E-state index contributed by atoms with van der Waals surface area (Å²) in [6, 6.07) is 4.08. The standard InChI is InChI=1S/C24H32N4O4/c1-15-6-5-9-28-18(15)12-25-21(28)24(7-10-31-11-8-24)26-20(29)19-16-13-27(14-17(16)19)22(30)32-23(2,3)4/h5-6,9,12,16-17,19H,7-8,10-11,13-14H2,1-4H3,(H,26,29). The number of ether oxygens (including phenoxy) is 2. The van der Waals surface area contributed by atoms with Crippen molar-refractivity contribution in [3.63, 3.8) is 0 Å². The highest BCUT2D eigenvalue weighted by molar-refractivity contribution is 5.84. The predicted octanol–water partition coefficient (Wildman–Crippen LogP) is 2.88. The Kier molecular flexibility index (Phi) is 4.96. The van der Waals surface area contributed by atoms with Crippen molar-refractivity contribution in [2.75, 3.05) is 26.3 Å². The maximum Gasteiger partial charge on any atom is 0.410 e. The molecule has 2 aliphatic heterocycles. The molecule has 2 unspecified atom stereocenters. The number of rotatable bonds is 3. The third kappa shape index (κ3) is 3.64. The van der Waals surface area contributed by atoms with Crippen molar-refractivity contribution in [2.24, 2.45) is 17.8 Å². The Balaban J connectivity index is 1.31. The Morgan fingerprint density at radius 3 is 2.56 bits per heavy atom. The second-order valence-electron chi connectivity index (χ2n) is 10.5. The molecular formula is C24H32N4O4. The minimum atomic E-state index is -0.544. The van der Waals surface area contributed by atoms with Crippen LogP contribution < -0.4 is 5.32 Å². The normalized spacial score (nSPS) is 26.6. The van der Waals surface area contributed by atoms with E-state index in [0.29, 0.717) is 39.1 Å². The summed E-state index contributed by atoms with van der Waals surface area (Å²) in [6.07, 6.45) is 5.00. The number of fused-ring (bicyclic) bond motifs is 2. The zero-order chi connectivity index (χ0) is 22.7. The summed E-state index contributed by atoms with van der Waals surface area (Å²) in [5.41, 5.74) is 1.15. The molecule has 1 N–H and O–H groups in total. The van der Waals surface area contributed by atoms with Gasteiger partial charge in [0.15, 0.2) is 0 Å². The Bertz CT molecular complexity index is 1040. The van der Waals surface area contributed by atoms with Crippen LogP contribution in [-0.2, 0) is 19.8 Å². The van der Waals surface area contributed by atoms with Crippen LogP contribution in [0.4, 0.5) is 4.79 Å². The second-order valence-corrected chi connectivity index (χ2v) is 10.5. The average Bonchev–Trinajstić information content (AvgIpc) is 3.05. The largest absolute Gasteiger partial charge is 0.444 e. The number of nitrogens with zero attached hydrogens (tertiary/aromatic N) is 3. The third-order valence-corrected chi connectivity index (χ3v) is 7.07. The number of hydrogen-bond donors (Lipinski definition) is 1. The number of amides is 2. The quantitative estimate of drug-likeness (QED) is 0.793. The van der Waals surface area contributed by atoms with Gasteiger partial charge in [-0.3, -0.25) is 4.79 Å². The highest BCUT2D eigenvalue weighted by Gasteiger charge is 2.61. The number of imidazole rings is 1. The van der Waals surface area contributed by atoms with Crippen LogP contribution in [0.3, 0.4) is 0 Å². The van der Waals surface area contributed by atoms with E-state index in [1.165, 1.54) is 0 Å². The molecule has 2 atom stereocenters. The first-order chi connectivity index (χ1) is 15.2. The number of piperidine rings is 1. The van der Waals surface area contributed by atoms with Crippen molar-refractivity contribution in [1.29, 1.82) is 0 Å². The number of aryl methyl sites for hydroxylation is 1. The number of pyridine rings is 1. The monoisotopic (exact) mass is 440 g/mol. The molecule has 3 aliphatic rings. The molecule has 3 fully saturated rings. The summed E-state index contributed by atoms with van der Waals surface area (Å²) in [5.74, 6) is 1.29. The Morgan fingerprint density at radius 1 is 1.22 bits per heavy atom. The second kappa shape index (κ2) is 7.47. The molecule has 0 radical (unpaired) electrons. The average molecular weight is 441 g/mol. The first-order valence-corrected chi connectivity index (χ1v) is 11.5. The highest BCUT2D eigenvalue weighted by Crippen LogP contribution is 2.52. The van der Waals surface area contributed by atoms with Gasteiger partial charge in [-0.05, 0) is 51.2 Å². The maximum absolute atomic E-state index is 13.4. The first kappa shape index (κ1) is 21.2. The van der Waals surface area contributed by atoms with E-state index in [1.54, 1.807) is 4.90 Å². The van der Waals surface area contributed by atoms with Crippen molar-refractivity contribution in [1.82, 2.24) is 19.6 Å². The van der Waals surface area contributed by atoms with E-state index in [-0.39, 0.29) is 29.8 Å². The van der Waals surface area contributed by atoms with Gasteiger partial charge >= 0.3 is 6.09 Å². The number of likely N-dealkylation sites (tertiary alicyclic amines) is 1. The molecule has 5 rings (SSSR count). The van der Waals surface area contributed by atoms with Crippen LogP contribution in [0.1, 0.15) is 45.0 Å². The van der Waals surface area contributed by atoms with Crippen molar-refractivity contribution in [2.45, 2.75) is 51.7 Å². The topological polar surface area (TPSA) is 85.2 Å². The minimum absolute atomic E-state index is 0.0543. The van der Waals surface area contributed by atoms with Crippen molar-refractivity contribution in [3.8, 4) is 0 Å². The van der Waals surface area contributed by atoms with E-state index in [9.17, 15) is 9.59 Å². The zero-order valence-corrected chi connectivity index (χ0v) is 19.3. The third-order valence-electron chi connectivity index (χ3n) is 7.07. The van der Waals surface area contributed by atoms with Crippen LogP contribution in [0.5, 0.6) is 0 Å². The lowest BCUT2D eigenvalue weighted by Gasteiger charge is -2.37. The van der Waals surface area contributed by atoms with Gasteiger partial charge in [0.2, 0.25) is 5.91 Å². The Labute approximate surface area is 188 Å². The fraction of sp³-hybridized carbons (Fsp3) is 0.625. The van der Waals surface area contributed by atoms with E-state index in [2.05, 4.69) is 22.7 Å². The number of carbonyl (C=O) groups is 2. The molecule has 0 bridgehead atoms. The number of hydrogen-bond acceptors (Lipinski definition) is 5. The van der Waals surface area contributed by atoms with Gasteiger partial charge in [0.25, 0.3) is 0 Å². The lowest BCUT2D eigenvalue weighted by Crippen LogP contribution is -2.52. The van der Waals surface area contributed by atoms with E-state index < -0.39 is 11.1 Å². The van der Waals surface area contributed by atoms with E-state index >= 15 is 0 Å². The molecule has 2 aromatic rings.